The molecule has 0 spiro atoms. The van der Waals surface area contributed by atoms with Gasteiger partial charge in [-0.15, -0.1) is 0 Å². The minimum Gasteiger partial charge on any atom is -0.487 e. The summed E-state index contributed by atoms with van der Waals surface area (Å²) >= 11 is 6.12. The molecule has 0 saturated carbocycles. The van der Waals surface area contributed by atoms with Crippen molar-refractivity contribution in [2.24, 2.45) is 0 Å². The number of ether oxygens (including phenoxy) is 1. The van der Waals surface area contributed by atoms with Gasteiger partial charge in [-0.25, -0.2) is 4.79 Å². The number of hydrogen-bond acceptors (Lipinski definition) is 4. The molecule has 6 heteroatoms. The number of nitrogens with zero attached hydrogens (tertiary/aromatic N) is 1. The lowest BCUT2D eigenvalue weighted by molar-refractivity contribution is -0.131. The quantitative estimate of drug-likeness (QED) is 0.854. The van der Waals surface area contributed by atoms with Crippen LogP contribution in [-0.4, -0.2) is 16.2 Å². The Morgan fingerprint density at radius 3 is 2.86 bits per heavy atom. The first-order valence-corrected chi connectivity index (χ1v) is 6.61. The Morgan fingerprint density at radius 1 is 1.48 bits per heavy atom. The molecule has 21 heavy (non-hydrogen) atoms. The van der Waals surface area contributed by atoms with Crippen LogP contribution in [0.3, 0.4) is 0 Å². The van der Waals surface area contributed by atoms with Crippen LogP contribution in [0.5, 0.6) is 5.75 Å². The zero-order valence-electron chi connectivity index (χ0n) is 11.6. The van der Waals surface area contributed by atoms with E-state index < -0.39 is 5.97 Å². The van der Waals surface area contributed by atoms with E-state index in [2.05, 4.69) is 5.16 Å². The van der Waals surface area contributed by atoms with Crippen LogP contribution < -0.4 is 4.74 Å². The van der Waals surface area contributed by atoms with Crippen molar-refractivity contribution in [3.63, 3.8) is 0 Å². The first-order valence-electron chi connectivity index (χ1n) is 6.23. The highest BCUT2D eigenvalue weighted by atomic mass is 35.5. The topological polar surface area (TPSA) is 72.6 Å². The van der Waals surface area contributed by atoms with E-state index in [-0.39, 0.29) is 6.61 Å². The molecule has 1 aromatic heterocycles. The van der Waals surface area contributed by atoms with Crippen molar-refractivity contribution in [2.45, 2.75) is 20.5 Å². The van der Waals surface area contributed by atoms with Gasteiger partial charge in [-0.2, -0.15) is 0 Å². The van der Waals surface area contributed by atoms with Crippen molar-refractivity contribution in [3.8, 4) is 5.75 Å². The van der Waals surface area contributed by atoms with E-state index >= 15 is 0 Å². The predicted molar refractivity (Wildman–Crippen MR) is 78.4 cm³/mol. The van der Waals surface area contributed by atoms with E-state index in [0.717, 1.165) is 17.3 Å². The molecule has 1 N–H and O–H groups in total. The molecule has 0 radical (unpaired) electrons. The maximum absolute atomic E-state index is 10.6. The van der Waals surface area contributed by atoms with E-state index in [1.54, 1.807) is 25.1 Å². The minimum absolute atomic E-state index is 0.249. The first-order chi connectivity index (χ1) is 9.99. The van der Waals surface area contributed by atoms with Crippen LogP contribution in [0.1, 0.15) is 22.6 Å². The molecule has 5 nitrogen and oxygen atoms in total. The SMILES string of the molecule is Cc1noc(C)c1COc1c(Cl)cccc1/C=C/C(=O)O. The Morgan fingerprint density at radius 2 is 2.24 bits per heavy atom. The van der Waals surface area contributed by atoms with Gasteiger partial charge in [0, 0.05) is 11.6 Å². The van der Waals surface area contributed by atoms with Crippen molar-refractivity contribution < 1.29 is 19.2 Å². The van der Waals surface area contributed by atoms with Crippen LogP contribution in [0.15, 0.2) is 28.8 Å². The van der Waals surface area contributed by atoms with Gasteiger partial charge < -0.3 is 14.4 Å². The number of aryl methyl sites for hydroxylation is 2. The molecule has 110 valence electrons. The molecule has 0 unspecified atom stereocenters. The molecular formula is C15H14ClNO4. The molecule has 0 aliphatic rings. The Kier molecular flexibility index (Phi) is 4.65. The average molecular weight is 308 g/mol. The molecule has 0 aliphatic carbocycles. The van der Waals surface area contributed by atoms with Crippen LogP contribution in [-0.2, 0) is 11.4 Å². The monoisotopic (exact) mass is 307 g/mol. The zero-order valence-corrected chi connectivity index (χ0v) is 12.3. The number of aromatic nitrogens is 1. The summed E-state index contributed by atoms with van der Waals surface area (Å²) in [6.45, 7) is 3.88. The Hall–Kier alpha value is -2.27. The van der Waals surface area contributed by atoms with Crippen molar-refractivity contribution in [1.82, 2.24) is 5.16 Å². The molecular weight excluding hydrogens is 294 g/mol. The van der Waals surface area contributed by atoms with E-state index in [1.807, 2.05) is 6.92 Å². The number of para-hydroxylation sites is 1. The number of benzene rings is 1. The second-order valence-electron chi connectivity index (χ2n) is 4.42. The zero-order chi connectivity index (χ0) is 15.4. The fraction of sp³-hybridized carbons (Fsp3) is 0.200. The second kappa shape index (κ2) is 6.45. The van der Waals surface area contributed by atoms with Gasteiger partial charge >= 0.3 is 5.97 Å². The van der Waals surface area contributed by atoms with E-state index in [1.165, 1.54) is 6.08 Å². The lowest BCUT2D eigenvalue weighted by Crippen LogP contribution is -2.00. The molecule has 0 saturated heterocycles. The van der Waals surface area contributed by atoms with Gasteiger partial charge in [-0.05, 0) is 26.0 Å². The van der Waals surface area contributed by atoms with Crippen molar-refractivity contribution >= 4 is 23.6 Å². The van der Waals surface area contributed by atoms with E-state index in [9.17, 15) is 4.79 Å². The van der Waals surface area contributed by atoms with Gasteiger partial charge in [-0.3, -0.25) is 0 Å². The molecule has 2 aromatic rings. The number of aliphatic carboxylic acids is 1. The van der Waals surface area contributed by atoms with Crippen molar-refractivity contribution in [3.05, 3.63) is 51.9 Å². The van der Waals surface area contributed by atoms with Gasteiger partial charge in [0.25, 0.3) is 0 Å². The maximum atomic E-state index is 10.6. The van der Waals surface area contributed by atoms with E-state index in [4.69, 9.17) is 26.0 Å². The van der Waals surface area contributed by atoms with Crippen LogP contribution >= 0.6 is 11.6 Å². The largest absolute Gasteiger partial charge is 0.487 e. The molecule has 2 rings (SSSR count). The summed E-state index contributed by atoms with van der Waals surface area (Å²) in [5.74, 6) is 0.0745. The number of carboxylic acid groups (broad SMARTS) is 1. The third-order valence-electron chi connectivity index (χ3n) is 2.94. The van der Waals surface area contributed by atoms with Crippen molar-refractivity contribution in [2.75, 3.05) is 0 Å². The fourth-order valence-electron chi connectivity index (χ4n) is 1.82. The summed E-state index contributed by atoms with van der Waals surface area (Å²) < 4.78 is 10.8. The highest BCUT2D eigenvalue weighted by molar-refractivity contribution is 6.32. The number of rotatable bonds is 5. The highest BCUT2D eigenvalue weighted by Gasteiger charge is 2.12. The number of carboxylic acids is 1. The summed E-state index contributed by atoms with van der Waals surface area (Å²) in [6, 6.07) is 5.14. The van der Waals surface area contributed by atoms with Gasteiger partial charge in [0.1, 0.15) is 18.1 Å². The number of hydrogen-bond donors (Lipinski definition) is 1. The average Bonchev–Trinajstić information content (AvgIpc) is 2.75. The van der Waals surface area contributed by atoms with E-state index in [0.29, 0.717) is 22.1 Å². The minimum atomic E-state index is -1.04. The Labute approximate surface area is 126 Å². The lowest BCUT2D eigenvalue weighted by atomic mass is 10.1. The van der Waals surface area contributed by atoms with Gasteiger partial charge in [0.05, 0.1) is 16.3 Å². The fourth-order valence-corrected chi connectivity index (χ4v) is 2.06. The van der Waals surface area contributed by atoms with Crippen LogP contribution in [0.25, 0.3) is 6.08 Å². The molecule has 1 heterocycles. The Bertz CT molecular complexity index is 671. The Balaban J connectivity index is 2.25. The number of halogens is 1. The van der Waals surface area contributed by atoms with Crippen LogP contribution in [0.2, 0.25) is 5.02 Å². The number of carbonyl (C=O) groups is 1. The van der Waals surface area contributed by atoms with Gasteiger partial charge in [0.2, 0.25) is 0 Å². The molecule has 0 atom stereocenters. The third-order valence-corrected chi connectivity index (χ3v) is 3.24. The summed E-state index contributed by atoms with van der Waals surface area (Å²) in [4.78, 5) is 10.6. The normalized spacial score (nSPS) is 11.0. The predicted octanol–water partition coefficient (Wildman–Crippen LogP) is 3.62. The van der Waals surface area contributed by atoms with Crippen LogP contribution in [0, 0.1) is 13.8 Å². The smallest absolute Gasteiger partial charge is 0.328 e. The molecule has 1 aromatic carbocycles. The molecule has 0 fully saturated rings. The van der Waals surface area contributed by atoms with Gasteiger partial charge in [-0.1, -0.05) is 28.9 Å². The highest BCUT2D eigenvalue weighted by Crippen LogP contribution is 2.31. The maximum Gasteiger partial charge on any atom is 0.328 e. The molecule has 0 bridgehead atoms. The van der Waals surface area contributed by atoms with Crippen LogP contribution in [0.4, 0.5) is 0 Å². The standard InChI is InChI=1S/C15H14ClNO4/c1-9-12(10(2)21-17-9)8-20-15-11(6-7-14(18)19)4-3-5-13(15)16/h3-7H,8H2,1-2H3,(H,18,19)/b7-6+. The summed E-state index contributed by atoms with van der Waals surface area (Å²) in [5, 5.41) is 13.0. The summed E-state index contributed by atoms with van der Waals surface area (Å²) in [7, 11) is 0. The molecule has 0 amide bonds. The third kappa shape index (κ3) is 3.64. The first kappa shape index (κ1) is 15.1. The van der Waals surface area contributed by atoms with Gasteiger partial charge in [0.15, 0.2) is 0 Å². The summed E-state index contributed by atoms with van der Waals surface area (Å²) in [6.07, 6.45) is 2.48. The van der Waals surface area contributed by atoms with Crippen molar-refractivity contribution in [1.29, 1.82) is 0 Å². The second-order valence-corrected chi connectivity index (χ2v) is 4.83. The summed E-state index contributed by atoms with van der Waals surface area (Å²) in [5.41, 5.74) is 2.20. The lowest BCUT2D eigenvalue weighted by Gasteiger charge is -2.10. The molecule has 0 aliphatic heterocycles.